The van der Waals surface area contributed by atoms with Crippen molar-refractivity contribution in [2.75, 3.05) is 0 Å². The largest absolute Gasteiger partial charge is 0.409 e. The topological polar surface area (TPSA) is 63.8 Å². The smallest absolute Gasteiger partial charge is 0.284 e. The molecule has 100 valence electrons. The molecule has 0 saturated heterocycles. The van der Waals surface area contributed by atoms with Gasteiger partial charge in [0.15, 0.2) is 0 Å². The van der Waals surface area contributed by atoms with Crippen LogP contribution in [0.25, 0.3) is 11.5 Å². The van der Waals surface area contributed by atoms with Crippen LogP contribution < -0.4 is 5.56 Å². The third-order valence-electron chi connectivity index (χ3n) is 3.32. The molecule has 6 heteroatoms. The normalized spacial score (nSPS) is 15.1. The number of hydrogen-bond acceptors (Lipinski definition) is 4. The van der Waals surface area contributed by atoms with Crippen LogP contribution in [0.1, 0.15) is 44.3 Å². The van der Waals surface area contributed by atoms with Gasteiger partial charge in [0, 0.05) is 11.7 Å². The molecular formula is C13H15N3O2S. The zero-order valence-electron chi connectivity index (χ0n) is 10.8. The molecule has 0 atom stereocenters. The van der Waals surface area contributed by atoms with Gasteiger partial charge in [-0.05, 0) is 43.1 Å². The summed E-state index contributed by atoms with van der Waals surface area (Å²) < 4.78 is 7.12. The molecule has 1 fully saturated rings. The van der Waals surface area contributed by atoms with Crippen LogP contribution in [0.15, 0.2) is 21.3 Å². The molecule has 5 nitrogen and oxygen atoms in total. The van der Waals surface area contributed by atoms with E-state index in [-0.39, 0.29) is 16.3 Å². The minimum atomic E-state index is -0.0426. The van der Waals surface area contributed by atoms with Gasteiger partial charge in [0.2, 0.25) is 0 Å². The molecule has 0 bridgehead atoms. The second kappa shape index (κ2) is 4.45. The first-order chi connectivity index (χ1) is 9.08. The first kappa shape index (κ1) is 12.3. The van der Waals surface area contributed by atoms with Crippen molar-refractivity contribution in [1.29, 1.82) is 0 Å². The number of nitrogens with one attached hydrogen (secondary N) is 1. The molecule has 0 aliphatic heterocycles. The Morgan fingerprint density at radius 1 is 1.47 bits per heavy atom. The van der Waals surface area contributed by atoms with Crippen LogP contribution in [0.2, 0.25) is 0 Å². The Morgan fingerprint density at radius 3 is 2.74 bits per heavy atom. The predicted molar refractivity (Wildman–Crippen MR) is 73.7 cm³/mol. The molecule has 0 spiro atoms. The number of nitrogens with zero attached hydrogens (tertiary/aromatic N) is 2. The molecule has 0 aromatic carbocycles. The van der Waals surface area contributed by atoms with E-state index in [1.165, 1.54) is 0 Å². The molecule has 0 amide bonds. The Labute approximate surface area is 115 Å². The van der Waals surface area contributed by atoms with Gasteiger partial charge in [0.1, 0.15) is 5.56 Å². The first-order valence-electron chi connectivity index (χ1n) is 6.39. The van der Waals surface area contributed by atoms with Gasteiger partial charge in [-0.3, -0.25) is 4.79 Å². The molecule has 2 aromatic rings. The fourth-order valence-electron chi connectivity index (χ4n) is 2.26. The molecule has 0 unspecified atom stereocenters. The molecule has 1 N–H and O–H groups in total. The van der Waals surface area contributed by atoms with Crippen LogP contribution in [0.3, 0.4) is 0 Å². The number of rotatable bonds is 3. The van der Waals surface area contributed by atoms with Gasteiger partial charge in [-0.1, -0.05) is 13.8 Å². The van der Waals surface area contributed by atoms with Gasteiger partial charge < -0.3 is 8.98 Å². The van der Waals surface area contributed by atoms with E-state index in [1.807, 2.05) is 10.6 Å². The summed E-state index contributed by atoms with van der Waals surface area (Å²) in [5.74, 6) is 0.577. The maximum Gasteiger partial charge on any atom is 0.284 e. The number of aromatic nitrogens is 3. The number of hydrogen-bond donors (Lipinski definition) is 1. The highest BCUT2D eigenvalue weighted by Crippen LogP contribution is 2.36. The highest BCUT2D eigenvalue weighted by molar-refractivity contribution is 7.71. The van der Waals surface area contributed by atoms with E-state index in [2.05, 4.69) is 24.0 Å². The predicted octanol–water partition coefficient (Wildman–Crippen LogP) is 3.02. The molecule has 19 heavy (non-hydrogen) atoms. The fourth-order valence-corrected chi connectivity index (χ4v) is 2.38. The van der Waals surface area contributed by atoms with Gasteiger partial charge in [-0.15, -0.1) is 5.10 Å². The molecule has 1 aliphatic rings. The van der Waals surface area contributed by atoms with E-state index >= 15 is 0 Å². The Balaban J connectivity index is 2.21. The highest BCUT2D eigenvalue weighted by Gasteiger charge is 2.29. The highest BCUT2D eigenvalue weighted by atomic mass is 32.1. The van der Waals surface area contributed by atoms with Crippen LogP contribution in [0, 0.1) is 4.84 Å². The quantitative estimate of drug-likeness (QED) is 0.876. The maximum absolute atomic E-state index is 12.6. The third-order valence-corrected chi connectivity index (χ3v) is 3.49. The van der Waals surface area contributed by atoms with Gasteiger partial charge in [0.25, 0.3) is 16.3 Å². The molecule has 3 rings (SSSR count). The second-order valence-electron chi connectivity index (χ2n) is 5.15. The minimum absolute atomic E-state index is 0.0426. The summed E-state index contributed by atoms with van der Waals surface area (Å²) >= 11 is 4.85. The van der Waals surface area contributed by atoms with Crippen LogP contribution in [0.4, 0.5) is 0 Å². The molecule has 2 aromatic heterocycles. The van der Waals surface area contributed by atoms with Crippen LogP contribution >= 0.6 is 12.2 Å². The van der Waals surface area contributed by atoms with E-state index in [4.69, 9.17) is 16.6 Å². The fraction of sp³-hybridized carbons (Fsp3) is 0.462. The van der Waals surface area contributed by atoms with Crippen molar-refractivity contribution in [3.63, 3.8) is 0 Å². The molecule has 1 aliphatic carbocycles. The number of H-pyrrole nitrogens is 1. The Kier molecular flexibility index (Phi) is 2.89. The average molecular weight is 277 g/mol. The van der Waals surface area contributed by atoms with E-state index in [9.17, 15) is 4.79 Å². The molecule has 0 radical (unpaired) electrons. The molecule has 2 heterocycles. The summed E-state index contributed by atoms with van der Waals surface area (Å²) in [6, 6.07) is 4.07. The Morgan fingerprint density at radius 2 is 2.21 bits per heavy atom. The molecular weight excluding hydrogens is 262 g/mol. The van der Waals surface area contributed by atoms with Gasteiger partial charge in [-0.25, -0.2) is 5.10 Å². The van der Waals surface area contributed by atoms with Gasteiger partial charge in [-0.2, -0.15) is 0 Å². The van der Waals surface area contributed by atoms with Crippen LogP contribution in [-0.4, -0.2) is 14.8 Å². The number of aromatic amines is 1. The zero-order valence-corrected chi connectivity index (χ0v) is 11.7. The summed E-state index contributed by atoms with van der Waals surface area (Å²) in [6.07, 6.45) is 2.13. The summed E-state index contributed by atoms with van der Waals surface area (Å²) in [5.41, 5.74) is 1.48. The van der Waals surface area contributed by atoms with E-state index in [1.54, 1.807) is 6.07 Å². The molecule has 1 saturated carbocycles. The van der Waals surface area contributed by atoms with Crippen molar-refractivity contribution >= 4 is 12.2 Å². The van der Waals surface area contributed by atoms with Crippen molar-refractivity contribution in [2.45, 2.75) is 38.6 Å². The standard InChI is InChI=1S/C13H15N3O2S/c1-7(2)10-6-5-9(11-14-15-13(19)18-11)12(17)16(10)8-3-4-8/h5-8H,3-4H2,1-2H3,(H,15,19). The summed E-state index contributed by atoms with van der Waals surface area (Å²) in [4.78, 5) is 12.8. The Hall–Kier alpha value is -1.69. The van der Waals surface area contributed by atoms with Crippen molar-refractivity contribution in [3.05, 3.63) is 33.0 Å². The van der Waals surface area contributed by atoms with E-state index in [0.29, 0.717) is 17.5 Å². The van der Waals surface area contributed by atoms with Gasteiger partial charge in [0.05, 0.1) is 0 Å². The monoisotopic (exact) mass is 277 g/mol. The van der Waals surface area contributed by atoms with E-state index < -0.39 is 0 Å². The van der Waals surface area contributed by atoms with Crippen molar-refractivity contribution in [3.8, 4) is 11.5 Å². The first-order valence-corrected chi connectivity index (χ1v) is 6.80. The number of pyridine rings is 1. The SMILES string of the molecule is CC(C)c1ccc(-c2n[nH]c(=S)o2)c(=O)n1C1CC1. The lowest BCUT2D eigenvalue weighted by molar-refractivity contribution is 0.548. The second-order valence-corrected chi connectivity index (χ2v) is 5.52. The van der Waals surface area contributed by atoms with E-state index in [0.717, 1.165) is 18.5 Å². The lowest BCUT2D eigenvalue weighted by Gasteiger charge is -2.15. The lowest BCUT2D eigenvalue weighted by atomic mass is 10.1. The summed E-state index contributed by atoms with van der Waals surface area (Å²) in [6.45, 7) is 4.18. The Bertz CT molecular complexity index is 722. The minimum Gasteiger partial charge on any atom is -0.409 e. The maximum atomic E-state index is 12.6. The summed E-state index contributed by atoms with van der Waals surface area (Å²) in [7, 11) is 0. The van der Waals surface area contributed by atoms with Gasteiger partial charge >= 0.3 is 0 Å². The lowest BCUT2D eigenvalue weighted by Crippen LogP contribution is -2.24. The van der Waals surface area contributed by atoms with Crippen molar-refractivity contribution < 1.29 is 4.42 Å². The summed E-state index contributed by atoms with van der Waals surface area (Å²) in [5, 5.41) is 6.48. The zero-order chi connectivity index (χ0) is 13.6. The van der Waals surface area contributed by atoms with Crippen molar-refractivity contribution in [2.24, 2.45) is 0 Å². The van der Waals surface area contributed by atoms with Crippen molar-refractivity contribution in [1.82, 2.24) is 14.8 Å². The van der Waals surface area contributed by atoms with Crippen LogP contribution in [0.5, 0.6) is 0 Å². The third kappa shape index (κ3) is 2.16. The van der Waals surface area contributed by atoms with Crippen LogP contribution in [-0.2, 0) is 0 Å². The average Bonchev–Trinajstić information content (AvgIpc) is 3.11.